The second-order valence-electron chi connectivity index (χ2n) is 5.23. The second kappa shape index (κ2) is 5.43. The van der Waals surface area contributed by atoms with E-state index < -0.39 is 0 Å². The summed E-state index contributed by atoms with van der Waals surface area (Å²) >= 11 is 1.86. The van der Waals surface area contributed by atoms with Crippen molar-refractivity contribution in [2.75, 3.05) is 0 Å². The monoisotopic (exact) mass is 285 g/mol. The van der Waals surface area contributed by atoms with E-state index in [9.17, 15) is 0 Å². The maximum Gasteiger partial charge on any atom is 0.134 e. The Morgan fingerprint density at radius 2 is 2.05 bits per heavy atom. The number of nitrogens with one attached hydrogen (secondary N) is 1. The summed E-state index contributed by atoms with van der Waals surface area (Å²) in [5.41, 5.74) is 3.58. The van der Waals surface area contributed by atoms with Crippen molar-refractivity contribution in [2.45, 2.75) is 33.4 Å². The number of hydrogen-bond donors (Lipinski definition) is 1. The standard InChI is InChI=1S/C17H19NOS/c1-11-8-16(13(3)20-11)12(2)18-9-14-10-19-17-7-5-4-6-15(14)17/h4-8,10,12,18H,9H2,1-3H3. The zero-order valence-electron chi connectivity index (χ0n) is 12.1. The van der Waals surface area contributed by atoms with Crippen molar-refractivity contribution >= 4 is 22.3 Å². The first-order valence-electron chi connectivity index (χ1n) is 6.90. The topological polar surface area (TPSA) is 25.2 Å². The summed E-state index contributed by atoms with van der Waals surface area (Å²) in [7, 11) is 0. The molecule has 104 valence electrons. The van der Waals surface area contributed by atoms with Gasteiger partial charge in [-0.1, -0.05) is 18.2 Å². The molecule has 3 heteroatoms. The van der Waals surface area contributed by atoms with Gasteiger partial charge in [-0.15, -0.1) is 11.3 Å². The second-order valence-corrected chi connectivity index (χ2v) is 6.69. The van der Waals surface area contributed by atoms with Gasteiger partial charge in [0.15, 0.2) is 0 Å². The summed E-state index contributed by atoms with van der Waals surface area (Å²) in [6, 6.07) is 10.8. The van der Waals surface area contributed by atoms with E-state index in [4.69, 9.17) is 4.42 Å². The normalized spacial score (nSPS) is 12.9. The van der Waals surface area contributed by atoms with E-state index in [1.165, 1.54) is 26.3 Å². The Labute approximate surface area is 123 Å². The highest BCUT2D eigenvalue weighted by molar-refractivity contribution is 7.12. The summed E-state index contributed by atoms with van der Waals surface area (Å²) in [5.74, 6) is 0. The average Bonchev–Trinajstić information content (AvgIpc) is 2.99. The lowest BCUT2D eigenvalue weighted by atomic mass is 10.1. The molecule has 1 unspecified atom stereocenters. The molecule has 20 heavy (non-hydrogen) atoms. The predicted octanol–water partition coefficient (Wildman–Crippen LogP) is 4.96. The van der Waals surface area contributed by atoms with Gasteiger partial charge in [0.05, 0.1) is 6.26 Å². The molecule has 0 bridgehead atoms. The minimum absolute atomic E-state index is 0.355. The molecule has 0 spiro atoms. The van der Waals surface area contributed by atoms with Crippen LogP contribution >= 0.6 is 11.3 Å². The molecule has 0 saturated heterocycles. The molecule has 0 fully saturated rings. The van der Waals surface area contributed by atoms with Crippen LogP contribution in [0.3, 0.4) is 0 Å². The minimum atomic E-state index is 0.355. The first-order chi connectivity index (χ1) is 9.65. The van der Waals surface area contributed by atoms with Gasteiger partial charge in [0.2, 0.25) is 0 Å². The first-order valence-corrected chi connectivity index (χ1v) is 7.72. The molecule has 0 aliphatic heterocycles. The third-order valence-electron chi connectivity index (χ3n) is 3.71. The molecule has 3 aromatic rings. The third-order valence-corrected chi connectivity index (χ3v) is 4.69. The number of hydrogen-bond acceptors (Lipinski definition) is 3. The number of aryl methyl sites for hydroxylation is 2. The van der Waals surface area contributed by atoms with Crippen molar-refractivity contribution in [3.05, 3.63) is 57.5 Å². The molecule has 1 aromatic carbocycles. The van der Waals surface area contributed by atoms with Gasteiger partial charge < -0.3 is 9.73 Å². The van der Waals surface area contributed by atoms with E-state index in [1.807, 2.05) is 29.7 Å². The van der Waals surface area contributed by atoms with Crippen LogP contribution in [0.5, 0.6) is 0 Å². The molecule has 0 aliphatic carbocycles. The van der Waals surface area contributed by atoms with E-state index in [2.05, 4.69) is 44.3 Å². The van der Waals surface area contributed by atoms with Gasteiger partial charge in [0.25, 0.3) is 0 Å². The van der Waals surface area contributed by atoms with Crippen LogP contribution < -0.4 is 5.32 Å². The van der Waals surface area contributed by atoms with E-state index in [0.29, 0.717) is 6.04 Å². The van der Waals surface area contributed by atoms with Crippen molar-refractivity contribution in [3.63, 3.8) is 0 Å². The highest BCUT2D eigenvalue weighted by atomic mass is 32.1. The van der Waals surface area contributed by atoms with Gasteiger partial charge in [0, 0.05) is 33.3 Å². The van der Waals surface area contributed by atoms with Gasteiger partial charge in [-0.3, -0.25) is 0 Å². The Hall–Kier alpha value is -1.58. The van der Waals surface area contributed by atoms with Crippen molar-refractivity contribution in [1.29, 1.82) is 0 Å². The Bertz CT molecular complexity index is 726. The van der Waals surface area contributed by atoms with Gasteiger partial charge in [-0.2, -0.15) is 0 Å². The summed E-state index contributed by atoms with van der Waals surface area (Å²) < 4.78 is 5.58. The largest absolute Gasteiger partial charge is 0.464 e. The highest BCUT2D eigenvalue weighted by Crippen LogP contribution is 2.27. The molecule has 2 aromatic heterocycles. The number of fused-ring (bicyclic) bond motifs is 1. The van der Waals surface area contributed by atoms with Crippen LogP contribution in [0, 0.1) is 13.8 Å². The third kappa shape index (κ3) is 2.51. The summed E-state index contributed by atoms with van der Waals surface area (Å²) in [6.07, 6.45) is 1.86. The molecule has 3 rings (SSSR count). The van der Waals surface area contributed by atoms with Gasteiger partial charge in [-0.25, -0.2) is 0 Å². The van der Waals surface area contributed by atoms with Gasteiger partial charge in [0.1, 0.15) is 5.58 Å². The molecule has 1 N–H and O–H groups in total. The first kappa shape index (κ1) is 13.4. The van der Waals surface area contributed by atoms with Crippen molar-refractivity contribution in [1.82, 2.24) is 5.32 Å². The number of benzene rings is 1. The van der Waals surface area contributed by atoms with Crippen LogP contribution in [-0.2, 0) is 6.54 Å². The molecule has 0 aliphatic rings. The van der Waals surface area contributed by atoms with Crippen LogP contribution in [0.25, 0.3) is 11.0 Å². The van der Waals surface area contributed by atoms with Gasteiger partial charge in [-0.05, 0) is 38.5 Å². The zero-order valence-corrected chi connectivity index (χ0v) is 12.9. The predicted molar refractivity (Wildman–Crippen MR) is 85.3 cm³/mol. The molecular formula is C17H19NOS. The summed E-state index contributed by atoms with van der Waals surface area (Å²) in [6.45, 7) is 7.40. The van der Waals surface area contributed by atoms with Crippen molar-refractivity contribution < 1.29 is 4.42 Å². The summed E-state index contributed by atoms with van der Waals surface area (Å²) in [4.78, 5) is 2.78. The number of thiophene rings is 1. The maximum atomic E-state index is 5.58. The van der Waals surface area contributed by atoms with Crippen molar-refractivity contribution in [3.8, 4) is 0 Å². The van der Waals surface area contributed by atoms with Crippen LogP contribution in [0.2, 0.25) is 0 Å². The fourth-order valence-corrected chi connectivity index (χ4v) is 3.65. The van der Waals surface area contributed by atoms with Gasteiger partial charge >= 0.3 is 0 Å². The zero-order chi connectivity index (χ0) is 14.1. The molecule has 0 amide bonds. The smallest absolute Gasteiger partial charge is 0.134 e. The summed E-state index contributed by atoms with van der Waals surface area (Å²) in [5, 5.41) is 4.79. The van der Waals surface area contributed by atoms with Crippen LogP contribution in [0.4, 0.5) is 0 Å². The van der Waals surface area contributed by atoms with E-state index in [0.717, 1.165) is 12.1 Å². The van der Waals surface area contributed by atoms with E-state index in [-0.39, 0.29) is 0 Å². The molecule has 2 heterocycles. The lowest BCUT2D eigenvalue weighted by Crippen LogP contribution is -2.18. The molecule has 1 atom stereocenters. The minimum Gasteiger partial charge on any atom is -0.464 e. The van der Waals surface area contributed by atoms with Crippen LogP contribution in [-0.4, -0.2) is 0 Å². The average molecular weight is 285 g/mol. The quantitative estimate of drug-likeness (QED) is 0.732. The Morgan fingerprint density at radius 1 is 1.25 bits per heavy atom. The SMILES string of the molecule is Cc1cc(C(C)NCc2coc3ccccc23)c(C)s1. The molecule has 0 radical (unpaired) electrons. The Balaban J connectivity index is 1.74. The number of rotatable bonds is 4. The molecule has 2 nitrogen and oxygen atoms in total. The van der Waals surface area contributed by atoms with E-state index >= 15 is 0 Å². The fourth-order valence-electron chi connectivity index (χ4n) is 2.62. The van der Waals surface area contributed by atoms with Crippen molar-refractivity contribution in [2.24, 2.45) is 0 Å². The highest BCUT2D eigenvalue weighted by Gasteiger charge is 2.12. The number of furan rings is 1. The lowest BCUT2D eigenvalue weighted by Gasteiger charge is -2.13. The van der Waals surface area contributed by atoms with Crippen LogP contribution in [0.15, 0.2) is 41.0 Å². The van der Waals surface area contributed by atoms with E-state index in [1.54, 1.807) is 0 Å². The Morgan fingerprint density at radius 3 is 2.80 bits per heavy atom. The van der Waals surface area contributed by atoms with Crippen LogP contribution in [0.1, 0.15) is 33.8 Å². The lowest BCUT2D eigenvalue weighted by molar-refractivity contribution is 0.562. The maximum absolute atomic E-state index is 5.58. The molecule has 0 saturated carbocycles. The number of para-hydroxylation sites is 1. The Kier molecular flexibility index (Phi) is 3.64. The molecular weight excluding hydrogens is 266 g/mol. The fraction of sp³-hybridized carbons (Fsp3) is 0.294.